The zero-order valence-electron chi connectivity index (χ0n) is 15.3. The lowest BCUT2D eigenvalue weighted by atomic mass is 10.3. The number of carbonyl (C=O) groups is 2. The second-order valence-electron chi connectivity index (χ2n) is 5.84. The molecule has 0 atom stereocenters. The van der Waals surface area contributed by atoms with Gasteiger partial charge in [0.25, 0.3) is 5.91 Å². The fraction of sp³-hybridized carbons (Fsp3) is 0.562. The maximum Gasteiger partial charge on any atom is 0.276 e. The van der Waals surface area contributed by atoms with Gasteiger partial charge in [0.05, 0.1) is 17.9 Å². The van der Waals surface area contributed by atoms with Crippen molar-refractivity contribution in [2.24, 2.45) is 0 Å². The van der Waals surface area contributed by atoms with Gasteiger partial charge in [0.15, 0.2) is 11.5 Å². The Kier molecular flexibility index (Phi) is 5.89. The zero-order chi connectivity index (χ0) is 18.6. The predicted octanol–water partition coefficient (Wildman–Crippen LogP) is 0.872. The molecule has 2 aromatic heterocycles. The van der Waals surface area contributed by atoms with Crippen LogP contribution in [0, 0.1) is 13.8 Å². The molecule has 0 saturated heterocycles. The number of nitrogens with zero attached hydrogens (tertiary/aromatic N) is 6. The van der Waals surface area contributed by atoms with Crippen LogP contribution in [0.15, 0.2) is 10.6 Å². The molecule has 2 aromatic rings. The lowest BCUT2D eigenvalue weighted by molar-refractivity contribution is -0.131. The molecular formula is C16H24N6O3. The first-order chi connectivity index (χ1) is 11.9. The third kappa shape index (κ3) is 4.23. The molecule has 0 bridgehead atoms. The fourth-order valence-electron chi connectivity index (χ4n) is 2.48. The summed E-state index contributed by atoms with van der Waals surface area (Å²) >= 11 is 0. The van der Waals surface area contributed by atoms with Crippen molar-refractivity contribution in [3.05, 3.63) is 28.9 Å². The van der Waals surface area contributed by atoms with Gasteiger partial charge in [0.1, 0.15) is 6.54 Å². The quantitative estimate of drug-likeness (QED) is 0.736. The minimum atomic E-state index is -0.335. The molecule has 25 heavy (non-hydrogen) atoms. The van der Waals surface area contributed by atoms with Crippen LogP contribution in [0.2, 0.25) is 0 Å². The van der Waals surface area contributed by atoms with Gasteiger partial charge in [-0.25, -0.2) is 4.68 Å². The number of hydrogen-bond donors (Lipinski definition) is 0. The Morgan fingerprint density at radius 1 is 1.24 bits per heavy atom. The van der Waals surface area contributed by atoms with Crippen LogP contribution in [0.1, 0.15) is 41.5 Å². The SMILES string of the molecule is CCN(CC)C(=O)CN(C)C(=O)c1nnn(Cc2cc(C)no2)c1C. The summed E-state index contributed by atoms with van der Waals surface area (Å²) in [5.41, 5.74) is 1.62. The van der Waals surface area contributed by atoms with E-state index in [4.69, 9.17) is 4.52 Å². The van der Waals surface area contributed by atoms with Crippen molar-refractivity contribution in [3.63, 3.8) is 0 Å². The molecule has 0 aliphatic carbocycles. The van der Waals surface area contributed by atoms with Crippen LogP contribution < -0.4 is 0 Å². The molecule has 2 rings (SSSR count). The molecule has 0 aliphatic rings. The lowest BCUT2D eigenvalue weighted by Gasteiger charge is -2.22. The van der Waals surface area contributed by atoms with E-state index in [0.717, 1.165) is 5.69 Å². The highest BCUT2D eigenvalue weighted by Crippen LogP contribution is 2.11. The van der Waals surface area contributed by atoms with Crippen molar-refractivity contribution in [3.8, 4) is 0 Å². The molecule has 9 heteroatoms. The van der Waals surface area contributed by atoms with Gasteiger partial charge in [-0.2, -0.15) is 0 Å². The molecule has 0 fully saturated rings. The van der Waals surface area contributed by atoms with Crippen molar-refractivity contribution >= 4 is 11.8 Å². The van der Waals surface area contributed by atoms with Crippen molar-refractivity contribution in [2.45, 2.75) is 34.2 Å². The van der Waals surface area contributed by atoms with Crippen LogP contribution in [0.25, 0.3) is 0 Å². The molecule has 9 nitrogen and oxygen atoms in total. The van der Waals surface area contributed by atoms with E-state index in [1.807, 2.05) is 20.8 Å². The van der Waals surface area contributed by atoms with Gasteiger partial charge in [-0.15, -0.1) is 5.10 Å². The van der Waals surface area contributed by atoms with Crippen molar-refractivity contribution in [1.82, 2.24) is 30.0 Å². The van der Waals surface area contributed by atoms with Crippen LogP contribution in [0.5, 0.6) is 0 Å². The van der Waals surface area contributed by atoms with Gasteiger partial charge in [-0.3, -0.25) is 9.59 Å². The second-order valence-corrected chi connectivity index (χ2v) is 5.84. The van der Waals surface area contributed by atoms with E-state index in [1.54, 1.807) is 29.6 Å². The zero-order valence-corrected chi connectivity index (χ0v) is 15.3. The maximum absolute atomic E-state index is 12.6. The van der Waals surface area contributed by atoms with Crippen molar-refractivity contribution < 1.29 is 14.1 Å². The van der Waals surface area contributed by atoms with E-state index >= 15 is 0 Å². The third-order valence-electron chi connectivity index (χ3n) is 4.00. The number of aryl methyl sites for hydroxylation is 1. The molecule has 0 unspecified atom stereocenters. The topological polar surface area (TPSA) is 97.4 Å². The molecule has 0 radical (unpaired) electrons. The van der Waals surface area contributed by atoms with Gasteiger partial charge >= 0.3 is 0 Å². The minimum Gasteiger partial charge on any atom is -0.359 e. The maximum atomic E-state index is 12.6. The van der Waals surface area contributed by atoms with E-state index in [0.29, 0.717) is 31.1 Å². The predicted molar refractivity (Wildman–Crippen MR) is 90.0 cm³/mol. The number of amides is 2. The van der Waals surface area contributed by atoms with Gasteiger partial charge < -0.3 is 14.3 Å². The summed E-state index contributed by atoms with van der Waals surface area (Å²) < 4.78 is 6.74. The molecule has 136 valence electrons. The molecule has 0 N–H and O–H groups in total. The average Bonchev–Trinajstić information content (AvgIpc) is 3.14. The Morgan fingerprint density at radius 3 is 2.48 bits per heavy atom. The molecule has 2 heterocycles. The summed E-state index contributed by atoms with van der Waals surface area (Å²) in [4.78, 5) is 27.8. The summed E-state index contributed by atoms with van der Waals surface area (Å²) in [6.45, 7) is 8.98. The normalized spacial score (nSPS) is 10.8. The third-order valence-corrected chi connectivity index (χ3v) is 4.00. The molecule has 0 aliphatic heterocycles. The first kappa shape index (κ1) is 18.6. The van der Waals surface area contributed by atoms with Crippen LogP contribution in [0.3, 0.4) is 0 Å². The van der Waals surface area contributed by atoms with Crippen LogP contribution in [0.4, 0.5) is 0 Å². The van der Waals surface area contributed by atoms with E-state index in [1.165, 1.54) is 4.90 Å². The van der Waals surface area contributed by atoms with Crippen LogP contribution >= 0.6 is 0 Å². The Balaban J connectivity index is 2.08. The number of aromatic nitrogens is 4. The molecule has 2 amide bonds. The van der Waals surface area contributed by atoms with E-state index < -0.39 is 0 Å². The van der Waals surface area contributed by atoms with Crippen molar-refractivity contribution in [2.75, 3.05) is 26.7 Å². The van der Waals surface area contributed by atoms with Gasteiger partial charge in [-0.1, -0.05) is 10.4 Å². The molecule has 0 spiro atoms. The Hall–Kier alpha value is -2.71. The van der Waals surface area contributed by atoms with Crippen LogP contribution in [-0.2, 0) is 11.3 Å². The van der Waals surface area contributed by atoms with Gasteiger partial charge in [0, 0.05) is 26.2 Å². The second kappa shape index (κ2) is 7.91. The van der Waals surface area contributed by atoms with Gasteiger partial charge in [0.2, 0.25) is 5.91 Å². The summed E-state index contributed by atoms with van der Waals surface area (Å²) in [5, 5.41) is 11.8. The fourth-order valence-corrected chi connectivity index (χ4v) is 2.48. The molecular weight excluding hydrogens is 324 g/mol. The molecule has 0 saturated carbocycles. The number of rotatable bonds is 7. The Labute approximate surface area is 146 Å². The van der Waals surface area contributed by atoms with E-state index in [2.05, 4.69) is 15.5 Å². The highest BCUT2D eigenvalue weighted by molar-refractivity contribution is 5.95. The highest BCUT2D eigenvalue weighted by Gasteiger charge is 2.23. The number of carbonyl (C=O) groups excluding carboxylic acids is 2. The standard InChI is InChI=1S/C16H24N6O3/c1-6-21(7-2)14(23)10-20(5)16(24)15-12(4)22(19-17-15)9-13-8-11(3)18-25-13/h8H,6-7,9-10H2,1-5H3. The van der Waals surface area contributed by atoms with Gasteiger partial charge in [-0.05, 0) is 27.7 Å². The van der Waals surface area contributed by atoms with Crippen molar-refractivity contribution in [1.29, 1.82) is 0 Å². The van der Waals surface area contributed by atoms with Crippen LogP contribution in [-0.4, -0.2) is 68.4 Å². The summed E-state index contributed by atoms with van der Waals surface area (Å²) in [6, 6.07) is 1.80. The summed E-state index contributed by atoms with van der Waals surface area (Å²) in [5.74, 6) is 0.204. The molecule has 0 aromatic carbocycles. The monoisotopic (exact) mass is 348 g/mol. The smallest absolute Gasteiger partial charge is 0.276 e. The number of likely N-dealkylation sites (N-methyl/N-ethyl adjacent to an activating group) is 2. The average molecular weight is 348 g/mol. The number of hydrogen-bond acceptors (Lipinski definition) is 6. The summed E-state index contributed by atoms with van der Waals surface area (Å²) in [7, 11) is 1.59. The summed E-state index contributed by atoms with van der Waals surface area (Å²) in [6.07, 6.45) is 0. The Bertz CT molecular complexity index is 747. The highest BCUT2D eigenvalue weighted by atomic mass is 16.5. The first-order valence-corrected chi connectivity index (χ1v) is 8.22. The lowest BCUT2D eigenvalue weighted by Crippen LogP contribution is -2.41. The van der Waals surface area contributed by atoms with E-state index in [9.17, 15) is 9.59 Å². The minimum absolute atomic E-state index is 0.00805. The van der Waals surface area contributed by atoms with E-state index in [-0.39, 0.29) is 24.1 Å². The largest absolute Gasteiger partial charge is 0.359 e. The first-order valence-electron chi connectivity index (χ1n) is 8.22. The Morgan fingerprint density at radius 2 is 1.92 bits per heavy atom.